The van der Waals surface area contributed by atoms with Crippen LogP contribution in [0.25, 0.3) is 0 Å². The van der Waals surface area contributed by atoms with Gasteiger partial charge in [-0.05, 0) is 53.4 Å². The Morgan fingerprint density at radius 1 is 0.923 bits per heavy atom. The lowest BCUT2D eigenvalue weighted by Gasteiger charge is -2.19. The Bertz CT molecular complexity index is 868. The van der Waals surface area contributed by atoms with Gasteiger partial charge >= 0.3 is 6.01 Å². The molecule has 0 aliphatic carbocycles. The Morgan fingerprint density at radius 3 is 2.12 bits per heavy atom. The SMILES string of the molecule is CC(C)(C)c1ccc(C(=O)Nc2ccc(Oc3ncccn3)cc2)cc1. The lowest BCUT2D eigenvalue weighted by molar-refractivity contribution is 0.102. The third-order valence-corrected chi connectivity index (χ3v) is 3.88. The molecule has 0 spiro atoms. The van der Waals surface area contributed by atoms with Crippen LogP contribution in [0.2, 0.25) is 0 Å². The van der Waals surface area contributed by atoms with Gasteiger partial charge in [0, 0.05) is 23.6 Å². The predicted molar refractivity (Wildman–Crippen MR) is 102 cm³/mol. The van der Waals surface area contributed by atoms with Crippen LogP contribution in [0.1, 0.15) is 36.7 Å². The van der Waals surface area contributed by atoms with Gasteiger partial charge in [-0.1, -0.05) is 32.9 Å². The summed E-state index contributed by atoms with van der Waals surface area (Å²) in [5, 5.41) is 2.88. The zero-order chi connectivity index (χ0) is 18.6. The second-order valence-electron chi connectivity index (χ2n) is 6.94. The molecular weight excluding hydrogens is 326 g/mol. The summed E-state index contributed by atoms with van der Waals surface area (Å²) < 4.78 is 5.53. The van der Waals surface area contributed by atoms with E-state index >= 15 is 0 Å². The molecule has 3 aromatic rings. The van der Waals surface area contributed by atoms with Crippen molar-refractivity contribution in [3.05, 3.63) is 78.1 Å². The average Bonchev–Trinajstić information content (AvgIpc) is 2.63. The molecule has 0 fully saturated rings. The van der Waals surface area contributed by atoms with Gasteiger partial charge in [0.15, 0.2) is 0 Å². The van der Waals surface area contributed by atoms with Crippen molar-refractivity contribution < 1.29 is 9.53 Å². The van der Waals surface area contributed by atoms with Crippen molar-refractivity contribution in [1.82, 2.24) is 9.97 Å². The summed E-state index contributed by atoms with van der Waals surface area (Å²) in [6, 6.07) is 16.8. The highest BCUT2D eigenvalue weighted by molar-refractivity contribution is 6.04. The lowest BCUT2D eigenvalue weighted by atomic mass is 9.87. The number of nitrogens with one attached hydrogen (secondary N) is 1. The van der Waals surface area contributed by atoms with Gasteiger partial charge in [0.05, 0.1) is 0 Å². The van der Waals surface area contributed by atoms with Crippen LogP contribution < -0.4 is 10.1 Å². The molecule has 0 aliphatic heterocycles. The van der Waals surface area contributed by atoms with Crippen molar-refractivity contribution in [2.24, 2.45) is 0 Å². The quantitative estimate of drug-likeness (QED) is 0.735. The lowest BCUT2D eigenvalue weighted by Crippen LogP contribution is -2.14. The van der Waals surface area contributed by atoms with Gasteiger partial charge in [-0.2, -0.15) is 0 Å². The number of anilines is 1. The predicted octanol–water partition coefficient (Wildman–Crippen LogP) is 4.82. The molecule has 0 saturated carbocycles. The van der Waals surface area contributed by atoms with Crippen LogP contribution in [-0.4, -0.2) is 15.9 Å². The van der Waals surface area contributed by atoms with Gasteiger partial charge in [0.1, 0.15) is 5.75 Å². The molecule has 1 N–H and O–H groups in total. The minimum absolute atomic E-state index is 0.0628. The van der Waals surface area contributed by atoms with Crippen LogP contribution in [0.5, 0.6) is 11.8 Å². The molecule has 3 rings (SSSR count). The molecule has 5 heteroatoms. The Hall–Kier alpha value is -3.21. The summed E-state index contributed by atoms with van der Waals surface area (Å²) >= 11 is 0. The number of ether oxygens (including phenoxy) is 1. The van der Waals surface area contributed by atoms with Gasteiger partial charge in [-0.25, -0.2) is 9.97 Å². The van der Waals surface area contributed by atoms with Crippen LogP contribution in [-0.2, 0) is 5.41 Å². The zero-order valence-electron chi connectivity index (χ0n) is 15.1. The summed E-state index contributed by atoms with van der Waals surface area (Å²) in [5.41, 5.74) is 2.57. The first-order valence-corrected chi connectivity index (χ1v) is 8.39. The normalized spacial score (nSPS) is 11.0. The maximum Gasteiger partial charge on any atom is 0.321 e. The molecule has 0 radical (unpaired) electrons. The van der Waals surface area contributed by atoms with Gasteiger partial charge in [-0.15, -0.1) is 0 Å². The third kappa shape index (κ3) is 4.45. The summed E-state index contributed by atoms with van der Waals surface area (Å²) in [6.07, 6.45) is 3.23. The zero-order valence-corrected chi connectivity index (χ0v) is 15.1. The number of hydrogen-bond donors (Lipinski definition) is 1. The van der Waals surface area contributed by atoms with Crippen molar-refractivity contribution in [1.29, 1.82) is 0 Å². The maximum absolute atomic E-state index is 12.4. The third-order valence-electron chi connectivity index (χ3n) is 3.88. The minimum Gasteiger partial charge on any atom is -0.424 e. The molecule has 0 unspecified atom stereocenters. The number of carbonyl (C=O) groups excluding carboxylic acids is 1. The molecule has 132 valence electrons. The van der Waals surface area contributed by atoms with Crippen molar-refractivity contribution in [2.45, 2.75) is 26.2 Å². The number of benzene rings is 2. The Kier molecular flexibility index (Phi) is 4.98. The van der Waals surface area contributed by atoms with E-state index < -0.39 is 0 Å². The molecule has 0 aliphatic rings. The standard InChI is InChI=1S/C21H21N3O2/c1-21(2,3)16-7-5-15(6-8-16)19(25)24-17-9-11-18(12-10-17)26-20-22-13-4-14-23-20/h4-14H,1-3H3,(H,24,25). The molecular formula is C21H21N3O2. The molecule has 2 aromatic carbocycles. The van der Waals surface area contributed by atoms with Crippen molar-refractivity contribution in [2.75, 3.05) is 5.32 Å². The van der Waals surface area contributed by atoms with Gasteiger partial charge in [0.25, 0.3) is 5.91 Å². The fraction of sp³-hybridized carbons (Fsp3) is 0.190. The monoisotopic (exact) mass is 347 g/mol. The largest absolute Gasteiger partial charge is 0.424 e. The number of hydrogen-bond acceptors (Lipinski definition) is 4. The highest BCUT2D eigenvalue weighted by atomic mass is 16.5. The molecule has 1 heterocycles. The molecule has 0 atom stereocenters. The van der Waals surface area contributed by atoms with Crippen molar-refractivity contribution in [3.63, 3.8) is 0 Å². The summed E-state index contributed by atoms with van der Waals surface area (Å²) in [6.45, 7) is 6.44. The minimum atomic E-state index is -0.148. The average molecular weight is 347 g/mol. The first kappa shape index (κ1) is 17.6. The van der Waals surface area contributed by atoms with Crippen LogP contribution in [0.3, 0.4) is 0 Å². The van der Waals surface area contributed by atoms with E-state index in [-0.39, 0.29) is 17.3 Å². The molecule has 1 amide bonds. The van der Waals surface area contributed by atoms with Gasteiger partial charge in [0.2, 0.25) is 0 Å². The number of amides is 1. The van der Waals surface area contributed by atoms with Crippen LogP contribution in [0, 0.1) is 0 Å². The summed E-state index contributed by atoms with van der Waals surface area (Å²) in [7, 11) is 0. The number of nitrogens with zero attached hydrogens (tertiary/aromatic N) is 2. The molecule has 26 heavy (non-hydrogen) atoms. The smallest absolute Gasteiger partial charge is 0.321 e. The van der Waals surface area contributed by atoms with E-state index in [4.69, 9.17) is 4.74 Å². The highest BCUT2D eigenvalue weighted by Gasteiger charge is 2.14. The number of carbonyl (C=O) groups is 1. The van der Waals surface area contributed by atoms with Crippen LogP contribution >= 0.6 is 0 Å². The fourth-order valence-electron chi connectivity index (χ4n) is 2.37. The van der Waals surface area contributed by atoms with Crippen molar-refractivity contribution in [3.8, 4) is 11.8 Å². The summed E-state index contributed by atoms with van der Waals surface area (Å²) in [4.78, 5) is 20.4. The first-order valence-electron chi connectivity index (χ1n) is 8.39. The molecule has 1 aromatic heterocycles. The van der Waals surface area contributed by atoms with Gasteiger partial charge < -0.3 is 10.1 Å². The summed E-state index contributed by atoms with van der Waals surface area (Å²) in [5.74, 6) is 0.453. The van der Waals surface area contributed by atoms with E-state index in [2.05, 4.69) is 36.1 Å². The van der Waals surface area contributed by atoms with E-state index in [1.54, 1.807) is 42.7 Å². The molecule has 5 nitrogen and oxygen atoms in total. The van der Waals surface area contributed by atoms with E-state index in [1.165, 1.54) is 5.56 Å². The Morgan fingerprint density at radius 2 is 1.54 bits per heavy atom. The fourth-order valence-corrected chi connectivity index (χ4v) is 2.37. The Labute approximate surface area is 153 Å². The number of aromatic nitrogens is 2. The maximum atomic E-state index is 12.4. The Balaban J connectivity index is 1.64. The highest BCUT2D eigenvalue weighted by Crippen LogP contribution is 2.23. The molecule has 0 bridgehead atoms. The number of rotatable bonds is 4. The molecule has 0 saturated heterocycles. The van der Waals surface area contributed by atoms with E-state index in [0.717, 1.165) is 0 Å². The van der Waals surface area contributed by atoms with Gasteiger partial charge in [-0.3, -0.25) is 4.79 Å². The van der Waals surface area contributed by atoms with E-state index in [9.17, 15) is 4.79 Å². The topological polar surface area (TPSA) is 64.1 Å². The van der Waals surface area contributed by atoms with Crippen molar-refractivity contribution >= 4 is 11.6 Å². The van der Waals surface area contributed by atoms with Crippen LogP contribution in [0.15, 0.2) is 67.0 Å². The van der Waals surface area contributed by atoms with E-state index in [1.807, 2.05) is 24.3 Å². The second kappa shape index (κ2) is 7.35. The van der Waals surface area contributed by atoms with E-state index in [0.29, 0.717) is 17.0 Å². The second-order valence-corrected chi connectivity index (χ2v) is 6.94. The van der Waals surface area contributed by atoms with Crippen LogP contribution in [0.4, 0.5) is 5.69 Å². The first-order chi connectivity index (χ1) is 12.4.